The van der Waals surface area contributed by atoms with Crippen molar-refractivity contribution in [3.63, 3.8) is 0 Å². The molecular weight excluding hydrogens is 218 g/mol. The van der Waals surface area contributed by atoms with Crippen molar-refractivity contribution in [2.75, 3.05) is 14.2 Å². The topological polar surface area (TPSA) is 61.5 Å². The second-order valence-electron chi connectivity index (χ2n) is 4.07. The molecule has 0 aliphatic carbocycles. The molecule has 17 heavy (non-hydrogen) atoms. The van der Waals surface area contributed by atoms with E-state index in [9.17, 15) is 4.79 Å². The molecular formula is C13H19NO3. The molecule has 0 saturated carbocycles. The van der Waals surface area contributed by atoms with Gasteiger partial charge in [0.1, 0.15) is 11.8 Å². The summed E-state index contributed by atoms with van der Waals surface area (Å²) in [6.07, 6.45) is 0.480. The van der Waals surface area contributed by atoms with Crippen LogP contribution >= 0.6 is 0 Å². The van der Waals surface area contributed by atoms with Gasteiger partial charge >= 0.3 is 5.97 Å². The molecule has 0 bridgehead atoms. The largest absolute Gasteiger partial charge is 0.497 e. The Kier molecular flexibility index (Phi) is 4.52. The predicted octanol–water partition coefficient (Wildman–Crippen LogP) is 1.35. The fourth-order valence-corrected chi connectivity index (χ4v) is 1.85. The van der Waals surface area contributed by atoms with E-state index in [0.717, 1.165) is 22.4 Å². The third-order valence-electron chi connectivity index (χ3n) is 2.83. The standard InChI is InChI=1S/C13H19NO3/c1-8-5-10(16-3)6-9(2)11(8)7-12(14)13(15)17-4/h5-6,12H,7,14H2,1-4H3/t12-/m1/s1. The van der Waals surface area contributed by atoms with Crippen LogP contribution in [0.5, 0.6) is 5.75 Å². The fraction of sp³-hybridized carbons (Fsp3) is 0.462. The normalized spacial score (nSPS) is 12.1. The number of carbonyl (C=O) groups excluding carboxylic acids is 1. The highest BCUT2D eigenvalue weighted by atomic mass is 16.5. The Morgan fingerprint density at radius 1 is 1.29 bits per heavy atom. The molecule has 0 radical (unpaired) electrons. The lowest BCUT2D eigenvalue weighted by Gasteiger charge is -2.15. The van der Waals surface area contributed by atoms with Gasteiger partial charge in [-0.05, 0) is 49.1 Å². The van der Waals surface area contributed by atoms with E-state index >= 15 is 0 Å². The maximum absolute atomic E-state index is 11.3. The first-order valence-electron chi connectivity index (χ1n) is 5.47. The van der Waals surface area contributed by atoms with Crippen molar-refractivity contribution in [3.8, 4) is 5.75 Å². The number of aryl methyl sites for hydroxylation is 2. The molecule has 0 aliphatic rings. The summed E-state index contributed by atoms with van der Waals surface area (Å²) in [5.41, 5.74) is 8.98. The Morgan fingerprint density at radius 2 is 1.82 bits per heavy atom. The van der Waals surface area contributed by atoms with Crippen LogP contribution in [-0.4, -0.2) is 26.2 Å². The van der Waals surface area contributed by atoms with Gasteiger partial charge in [-0.25, -0.2) is 0 Å². The second-order valence-corrected chi connectivity index (χ2v) is 4.07. The first kappa shape index (κ1) is 13.5. The average Bonchev–Trinajstić information content (AvgIpc) is 2.31. The van der Waals surface area contributed by atoms with Gasteiger partial charge in [-0.3, -0.25) is 4.79 Å². The summed E-state index contributed by atoms with van der Waals surface area (Å²) in [7, 11) is 2.98. The number of benzene rings is 1. The van der Waals surface area contributed by atoms with Crippen molar-refractivity contribution in [1.82, 2.24) is 0 Å². The van der Waals surface area contributed by atoms with Gasteiger partial charge < -0.3 is 15.2 Å². The van der Waals surface area contributed by atoms with Crippen molar-refractivity contribution < 1.29 is 14.3 Å². The molecule has 1 rings (SSSR count). The summed E-state index contributed by atoms with van der Waals surface area (Å²) in [6, 6.07) is 3.25. The van der Waals surface area contributed by atoms with Crippen molar-refractivity contribution in [2.45, 2.75) is 26.3 Å². The van der Waals surface area contributed by atoms with Gasteiger partial charge in [-0.15, -0.1) is 0 Å². The Bertz CT molecular complexity index is 392. The predicted molar refractivity (Wildman–Crippen MR) is 66.2 cm³/mol. The molecule has 4 heteroatoms. The zero-order chi connectivity index (χ0) is 13.0. The van der Waals surface area contributed by atoms with Crippen LogP contribution in [0.1, 0.15) is 16.7 Å². The van der Waals surface area contributed by atoms with Crippen LogP contribution in [0.25, 0.3) is 0 Å². The molecule has 0 aliphatic heterocycles. The number of carbonyl (C=O) groups is 1. The van der Waals surface area contributed by atoms with Crippen LogP contribution in [0.2, 0.25) is 0 Å². The maximum Gasteiger partial charge on any atom is 0.322 e. The molecule has 94 valence electrons. The highest BCUT2D eigenvalue weighted by molar-refractivity contribution is 5.75. The SMILES string of the molecule is COC(=O)[C@H](N)Cc1c(C)cc(OC)cc1C. The summed E-state index contributed by atoms with van der Waals surface area (Å²) < 4.78 is 9.80. The maximum atomic E-state index is 11.3. The molecule has 0 amide bonds. The minimum Gasteiger partial charge on any atom is -0.497 e. The van der Waals surface area contributed by atoms with Crippen molar-refractivity contribution in [1.29, 1.82) is 0 Å². The van der Waals surface area contributed by atoms with Crippen LogP contribution in [-0.2, 0) is 16.0 Å². The van der Waals surface area contributed by atoms with Gasteiger partial charge in [-0.1, -0.05) is 0 Å². The first-order valence-corrected chi connectivity index (χ1v) is 5.47. The molecule has 1 aromatic rings. The van der Waals surface area contributed by atoms with Crippen LogP contribution in [0.4, 0.5) is 0 Å². The average molecular weight is 237 g/mol. The lowest BCUT2D eigenvalue weighted by Crippen LogP contribution is -2.34. The Morgan fingerprint density at radius 3 is 2.24 bits per heavy atom. The summed E-state index contributed by atoms with van der Waals surface area (Å²) in [5.74, 6) is 0.426. The third-order valence-corrected chi connectivity index (χ3v) is 2.83. The fourth-order valence-electron chi connectivity index (χ4n) is 1.85. The number of nitrogens with two attached hydrogens (primary N) is 1. The zero-order valence-electron chi connectivity index (χ0n) is 10.7. The lowest BCUT2D eigenvalue weighted by atomic mass is 9.96. The number of hydrogen-bond acceptors (Lipinski definition) is 4. The van der Waals surface area contributed by atoms with Crippen LogP contribution in [0.3, 0.4) is 0 Å². The first-order chi connectivity index (χ1) is 7.99. The number of hydrogen-bond donors (Lipinski definition) is 1. The molecule has 1 atom stereocenters. The molecule has 0 saturated heterocycles. The van der Waals surface area contributed by atoms with Crippen LogP contribution < -0.4 is 10.5 Å². The van der Waals surface area contributed by atoms with Crippen molar-refractivity contribution in [2.24, 2.45) is 5.73 Å². The summed E-state index contributed by atoms with van der Waals surface area (Å²) in [4.78, 5) is 11.3. The quantitative estimate of drug-likeness (QED) is 0.803. The van der Waals surface area contributed by atoms with E-state index in [1.807, 2.05) is 26.0 Å². The van der Waals surface area contributed by atoms with E-state index in [2.05, 4.69) is 4.74 Å². The molecule has 0 fully saturated rings. The van der Waals surface area contributed by atoms with E-state index in [0.29, 0.717) is 6.42 Å². The third kappa shape index (κ3) is 3.20. The number of methoxy groups -OCH3 is 2. The minimum absolute atomic E-state index is 0.389. The minimum atomic E-state index is -0.620. The molecule has 2 N–H and O–H groups in total. The van der Waals surface area contributed by atoms with Gasteiger partial charge in [0.2, 0.25) is 0 Å². The molecule has 1 aromatic carbocycles. The Labute approximate surface area is 102 Å². The van der Waals surface area contributed by atoms with Crippen molar-refractivity contribution in [3.05, 3.63) is 28.8 Å². The van der Waals surface area contributed by atoms with Crippen molar-refractivity contribution >= 4 is 5.97 Å². The highest BCUT2D eigenvalue weighted by Crippen LogP contribution is 2.22. The van der Waals surface area contributed by atoms with Gasteiger partial charge in [0.15, 0.2) is 0 Å². The molecule has 4 nitrogen and oxygen atoms in total. The second kappa shape index (κ2) is 5.68. The Balaban J connectivity index is 2.95. The molecule has 0 spiro atoms. The molecule has 0 heterocycles. The summed E-state index contributed by atoms with van der Waals surface area (Å²) >= 11 is 0. The molecule has 0 aromatic heterocycles. The van der Waals surface area contributed by atoms with E-state index in [-0.39, 0.29) is 5.97 Å². The number of rotatable bonds is 4. The highest BCUT2D eigenvalue weighted by Gasteiger charge is 2.17. The lowest BCUT2D eigenvalue weighted by molar-refractivity contribution is -0.142. The van der Waals surface area contributed by atoms with Crippen LogP contribution in [0, 0.1) is 13.8 Å². The molecule has 0 unspecified atom stereocenters. The smallest absolute Gasteiger partial charge is 0.322 e. The Hall–Kier alpha value is -1.55. The number of esters is 1. The van der Waals surface area contributed by atoms with E-state index < -0.39 is 6.04 Å². The summed E-state index contributed by atoms with van der Waals surface area (Å²) in [6.45, 7) is 3.96. The van der Waals surface area contributed by atoms with Gasteiger partial charge in [0, 0.05) is 0 Å². The monoisotopic (exact) mass is 237 g/mol. The van der Waals surface area contributed by atoms with Crippen LogP contribution in [0.15, 0.2) is 12.1 Å². The number of ether oxygens (including phenoxy) is 2. The van der Waals surface area contributed by atoms with Gasteiger partial charge in [0.25, 0.3) is 0 Å². The van der Waals surface area contributed by atoms with Gasteiger partial charge in [-0.2, -0.15) is 0 Å². The summed E-state index contributed by atoms with van der Waals surface area (Å²) in [5, 5.41) is 0. The zero-order valence-corrected chi connectivity index (χ0v) is 10.7. The van der Waals surface area contributed by atoms with Gasteiger partial charge in [0.05, 0.1) is 14.2 Å². The van der Waals surface area contributed by atoms with E-state index in [1.165, 1.54) is 7.11 Å². The van der Waals surface area contributed by atoms with E-state index in [4.69, 9.17) is 10.5 Å². The van der Waals surface area contributed by atoms with E-state index in [1.54, 1.807) is 7.11 Å².